The fraction of sp³-hybridized carbons (Fsp3) is 0.560. The van der Waals surface area contributed by atoms with Crippen LogP contribution in [0, 0.1) is 12.8 Å². The molecule has 1 heterocycles. The van der Waals surface area contributed by atoms with Gasteiger partial charge in [0.2, 0.25) is 0 Å². The fourth-order valence-corrected chi connectivity index (χ4v) is 4.00. The maximum Gasteiger partial charge on any atom is 0.287 e. The molecule has 1 saturated carbocycles. The van der Waals surface area contributed by atoms with Crippen LogP contribution in [0.1, 0.15) is 80.3 Å². The van der Waals surface area contributed by atoms with E-state index in [0.717, 1.165) is 18.8 Å². The van der Waals surface area contributed by atoms with Crippen molar-refractivity contribution >= 4 is 5.91 Å². The van der Waals surface area contributed by atoms with Gasteiger partial charge in [-0.2, -0.15) is 0 Å². The van der Waals surface area contributed by atoms with Gasteiger partial charge in [0.15, 0.2) is 5.76 Å². The highest BCUT2D eigenvalue weighted by molar-refractivity contribution is 5.91. The third-order valence-corrected chi connectivity index (χ3v) is 6.33. The highest BCUT2D eigenvalue weighted by Gasteiger charge is 2.24. The number of carbonyl (C=O) groups excluding carboxylic acids is 1. The Morgan fingerprint density at radius 1 is 1.07 bits per heavy atom. The maximum absolute atomic E-state index is 12.5. The second kappa shape index (κ2) is 10.1. The van der Waals surface area contributed by atoms with Gasteiger partial charge in [-0.15, -0.1) is 0 Å². The molecule has 0 unspecified atom stereocenters. The van der Waals surface area contributed by atoms with Gasteiger partial charge in [0.05, 0.1) is 6.54 Å². The van der Waals surface area contributed by atoms with Crippen molar-refractivity contribution in [2.75, 3.05) is 0 Å². The van der Waals surface area contributed by atoms with Crippen LogP contribution in [-0.4, -0.2) is 22.9 Å². The Hall–Kier alpha value is -2.07. The zero-order valence-corrected chi connectivity index (χ0v) is 18.4. The summed E-state index contributed by atoms with van der Waals surface area (Å²) in [5, 5.41) is 3.03. The topological polar surface area (TPSA) is 45.5 Å². The summed E-state index contributed by atoms with van der Waals surface area (Å²) < 4.78 is 5.96. The minimum atomic E-state index is -0.124. The zero-order chi connectivity index (χ0) is 20.8. The number of benzene rings is 1. The summed E-state index contributed by atoms with van der Waals surface area (Å²) >= 11 is 0. The van der Waals surface area contributed by atoms with E-state index in [1.165, 1.54) is 43.2 Å². The van der Waals surface area contributed by atoms with E-state index < -0.39 is 0 Å². The predicted molar refractivity (Wildman–Crippen MR) is 118 cm³/mol. The van der Waals surface area contributed by atoms with Crippen molar-refractivity contribution in [2.45, 2.75) is 85.0 Å². The van der Waals surface area contributed by atoms with Gasteiger partial charge in [0, 0.05) is 18.6 Å². The van der Waals surface area contributed by atoms with Crippen molar-refractivity contribution in [1.29, 1.82) is 0 Å². The Morgan fingerprint density at radius 2 is 1.79 bits per heavy atom. The highest BCUT2D eigenvalue weighted by atomic mass is 16.4. The summed E-state index contributed by atoms with van der Waals surface area (Å²) in [6.45, 7) is 10.1. The van der Waals surface area contributed by atoms with Gasteiger partial charge in [-0.05, 0) is 55.9 Å². The first-order chi connectivity index (χ1) is 13.9. The highest BCUT2D eigenvalue weighted by Crippen LogP contribution is 2.27. The Bertz CT molecular complexity index is 790. The van der Waals surface area contributed by atoms with Crippen molar-refractivity contribution in [3.8, 4) is 0 Å². The second-order valence-corrected chi connectivity index (χ2v) is 8.90. The van der Waals surface area contributed by atoms with Crippen molar-refractivity contribution < 1.29 is 9.21 Å². The number of carbonyl (C=O) groups is 1. The van der Waals surface area contributed by atoms with Crippen LogP contribution >= 0.6 is 0 Å². The smallest absolute Gasteiger partial charge is 0.287 e. The molecule has 1 amide bonds. The average Bonchev–Trinajstić information content (AvgIpc) is 3.18. The zero-order valence-electron chi connectivity index (χ0n) is 18.4. The molecule has 1 aromatic carbocycles. The number of furan rings is 1. The van der Waals surface area contributed by atoms with Crippen LogP contribution in [-0.2, 0) is 13.1 Å². The summed E-state index contributed by atoms with van der Waals surface area (Å²) in [4.78, 5) is 15.0. The SMILES string of the molecule is Cc1ccccc1CN(Cc1ccc(C(=O)N[C@@H](C)C(C)C)o1)C1CCCCC1. The molecule has 1 N–H and O–H groups in total. The minimum absolute atomic E-state index is 0.121. The lowest BCUT2D eigenvalue weighted by Gasteiger charge is -2.34. The molecule has 4 nitrogen and oxygen atoms in total. The quantitative estimate of drug-likeness (QED) is 0.623. The summed E-state index contributed by atoms with van der Waals surface area (Å²) in [5.41, 5.74) is 2.70. The van der Waals surface area contributed by atoms with Gasteiger partial charge in [-0.25, -0.2) is 0 Å². The van der Waals surface area contributed by atoms with E-state index in [-0.39, 0.29) is 11.9 Å². The van der Waals surface area contributed by atoms with E-state index >= 15 is 0 Å². The lowest BCUT2D eigenvalue weighted by Crippen LogP contribution is -2.36. The van der Waals surface area contributed by atoms with Crippen LogP contribution in [0.4, 0.5) is 0 Å². The molecule has 2 aromatic rings. The molecule has 1 fully saturated rings. The molecular weight excluding hydrogens is 360 g/mol. The first-order valence-electron chi connectivity index (χ1n) is 11.1. The van der Waals surface area contributed by atoms with Crippen LogP contribution in [0.25, 0.3) is 0 Å². The number of rotatable bonds is 8. The standard InChI is InChI=1S/C25H36N2O2/c1-18(2)20(4)26-25(28)24-15-14-23(29-24)17-27(22-12-6-5-7-13-22)16-21-11-9-8-10-19(21)3/h8-11,14-15,18,20,22H,5-7,12-13,16-17H2,1-4H3,(H,26,28)/t20-/m0/s1. The maximum atomic E-state index is 12.5. The Morgan fingerprint density at radius 3 is 2.48 bits per heavy atom. The first-order valence-corrected chi connectivity index (χ1v) is 11.1. The van der Waals surface area contributed by atoms with Crippen molar-refractivity contribution in [1.82, 2.24) is 10.2 Å². The van der Waals surface area contributed by atoms with Crippen LogP contribution in [0.3, 0.4) is 0 Å². The first kappa shape index (κ1) is 21.6. The molecule has 158 valence electrons. The average molecular weight is 397 g/mol. The molecule has 0 aliphatic heterocycles. The largest absolute Gasteiger partial charge is 0.455 e. The fourth-order valence-electron chi connectivity index (χ4n) is 4.00. The number of hydrogen-bond donors (Lipinski definition) is 1. The van der Waals surface area contributed by atoms with E-state index in [9.17, 15) is 4.79 Å². The molecule has 0 spiro atoms. The van der Waals surface area contributed by atoms with Gasteiger partial charge in [-0.1, -0.05) is 57.4 Å². The van der Waals surface area contributed by atoms with Gasteiger partial charge in [0.1, 0.15) is 5.76 Å². The normalized spacial score (nSPS) is 16.3. The second-order valence-electron chi connectivity index (χ2n) is 8.90. The van der Waals surface area contributed by atoms with Crippen LogP contribution in [0.2, 0.25) is 0 Å². The molecular formula is C25H36N2O2. The molecule has 1 atom stereocenters. The molecule has 3 rings (SSSR count). The van der Waals surface area contributed by atoms with Gasteiger partial charge in [-0.3, -0.25) is 9.69 Å². The predicted octanol–water partition coefficient (Wildman–Crippen LogP) is 5.70. The van der Waals surface area contributed by atoms with Crippen LogP contribution in [0.15, 0.2) is 40.8 Å². The van der Waals surface area contributed by atoms with Crippen molar-refractivity contribution in [3.63, 3.8) is 0 Å². The summed E-state index contributed by atoms with van der Waals surface area (Å²) in [7, 11) is 0. The Labute approximate surface area is 175 Å². The number of nitrogens with zero attached hydrogens (tertiary/aromatic N) is 1. The number of amides is 1. The van der Waals surface area contributed by atoms with Crippen molar-refractivity contribution in [3.05, 3.63) is 59.0 Å². The molecule has 1 aliphatic carbocycles. The number of aryl methyl sites for hydroxylation is 1. The van der Waals surface area contributed by atoms with E-state index in [4.69, 9.17) is 4.42 Å². The molecule has 0 bridgehead atoms. The Balaban J connectivity index is 1.71. The summed E-state index contributed by atoms with van der Waals surface area (Å²) in [6.07, 6.45) is 6.42. The van der Waals surface area contributed by atoms with Gasteiger partial charge in [0.25, 0.3) is 5.91 Å². The molecule has 1 aromatic heterocycles. The van der Waals surface area contributed by atoms with Crippen molar-refractivity contribution in [2.24, 2.45) is 5.92 Å². The van der Waals surface area contributed by atoms with Crippen LogP contribution in [0.5, 0.6) is 0 Å². The number of hydrogen-bond acceptors (Lipinski definition) is 3. The Kier molecular flexibility index (Phi) is 7.54. The van der Waals surface area contributed by atoms with E-state index in [2.05, 4.69) is 55.3 Å². The van der Waals surface area contributed by atoms with Gasteiger partial charge >= 0.3 is 0 Å². The molecule has 1 aliphatic rings. The van der Waals surface area contributed by atoms with E-state index in [1.54, 1.807) is 0 Å². The van der Waals surface area contributed by atoms with Crippen LogP contribution < -0.4 is 5.32 Å². The third kappa shape index (κ3) is 5.96. The van der Waals surface area contributed by atoms with E-state index in [0.29, 0.717) is 17.7 Å². The molecule has 0 radical (unpaired) electrons. The monoisotopic (exact) mass is 396 g/mol. The minimum Gasteiger partial charge on any atom is -0.455 e. The van der Waals surface area contributed by atoms with Gasteiger partial charge < -0.3 is 9.73 Å². The molecule has 4 heteroatoms. The number of nitrogens with one attached hydrogen (secondary N) is 1. The lowest BCUT2D eigenvalue weighted by atomic mass is 9.93. The molecule has 29 heavy (non-hydrogen) atoms. The molecule has 0 saturated heterocycles. The lowest BCUT2D eigenvalue weighted by molar-refractivity contribution is 0.0892. The summed E-state index contributed by atoms with van der Waals surface area (Å²) in [6, 6.07) is 13.1. The van der Waals surface area contributed by atoms with E-state index in [1.807, 2.05) is 19.1 Å². The summed E-state index contributed by atoms with van der Waals surface area (Å²) in [5.74, 6) is 1.54. The third-order valence-electron chi connectivity index (χ3n) is 6.33.